The fourth-order valence-electron chi connectivity index (χ4n) is 10.4. The molecule has 5 heteroatoms. The van der Waals surface area contributed by atoms with E-state index in [1.807, 2.05) is 0 Å². The molecule has 2 aliphatic heterocycles. The van der Waals surface area contributed by atoms with Crippen molar-refractivity contribution < 1.29 is 4.74 Å². The van der Waals surface area contributed by atoms with Crippen LogP contribution >= 0.6 is 0 Å². The second-order valence-electron chi connectivity index (χ2n) is 19.1. The topological polar surface area (TPSA) is 19.0 Å². The van der Waals surface area contributed by atoms with Crippen LogP contribution in [-0.2, 0) is 5.41 Å². The second kappa shape index (κ2) is 16.6. The van der Waals surface area contributed by atoms with Gasteiger partial charge in [0.1, 0.15) is 11.5 Å². The summed E-state index contributed by atoms with van der Waals surface area (Å²) in [6, 6.07) is 83.7. The van der Waals surface area contributed by atoms with E-state index >= 15 is 0 Å². The first kappa shape index (κ1) is 41.2. The molecule has 0 radical (unpaired) electrons. The molecule has 0 unspecified atom stereocenters. The lowest BCUT2D eigenvalue weighted by atomic mass is 9.34. The highest BCUT2D eigenvalue weighted by Crippen LogP contribution is 2.48. The molecule has 0 bridgehead atoms. The number of anilines is 9. The predicted octanol–water partition coefficient (Wildman–Crippen LogP) is 15.5. The lowest BCUT2D eigenvalue weighted by Crippen LogP contribution is -2.59. The molecule has 10 aromatic rings. The molecule has 0 aliphatic carbocycles. The molecule has 0 fully saturated rings. The summed E-state index contributed by atoms with van der Waals surface area (Å²) in [5.74, 6) is 1.74. The van der Waals surface area contributed by atoms with Gasteiger partial charge in [-0.05, 0) is 153 Å². The highest BCUT2D eigenvalue weighted by atomic mass is 16.5. The molecular formula is C63H50BN3O. The number of benzene rings is 10. The molecule has 326 valence electrons. The molecule has 0 amide bonds. The Hall–Kier alpha value is -8.28. The number of rotatable bonds is 8. The Balaban J connectivity index is 1.11. The highest BCUT2D eigenvalue weighted by Gasteiger charge is 2.43. The van der Waals surface area contributed by atoms with Crippen LogP contribution in [0.1, 0.15) is 31.9 Å². The summed E-state index contributed by atoms with van der Waals surface area (Å²) < 4.78 is 7.21. The van der Waals surface area contributed by atoms with E-state index in [9.17, 15) is 0 Å². The minimum Gasteiger partial charge on any atom is -0.458 e. The highest BCUT2D eigenvalue weighted by molar-refractivity contribution is 6.99. The van der Waals surface area contributed by atoms with Crippen molar-refractivity contribution in [3.63, 3.8) is 0 Å². The molecule has 0 spiro atoms. The molecule has 68 heavy (non-hydrogen) atoms. The molecule has 0 saturated heterocycles. The van der Waals surface area contributed by atoms with Gasteiger partial charge in [-0.3, -0.25) is 0 Å². The first-order valence-electron chi connectivity index (χ1n) is 23.6. The normalized spacial score (nSPS) is 12.5. The van der Waals surface area contributed by atoms with Crippen molar-refractivity contribution in [1.29, 1.82) is 0 Å². The first-order valence-corrected chi connectivity index (χ1v) is 23.6. The van der Waals surface area contributed by atoms with Crippen molar-refractivity contribution in [2.24, 2.45) is 0 Å². The van der Waals surface area contributed by atoms with Crippen LogP contribution in [0.2, 0.25) is 0 Å². The molecule has 10 aromatic carbocycles. The van der Waals surface area contributed by atoms with Crippen molar-refractivity contribution in [3.8, 4) is 22.6 Å². The Morgan fingerprint density at radius 1 is 0.412 bits per heavy atom. The number of ether oxygens (including phenoxy) is 1. The van der Waals surface area contributed by atoms with Crippen LogP contribution in [0.5, 0.6) is 11.5 Å². The molecule has 2 aliphatic rings. The minimum absolute atomic E-state index is 0.0659. The summed E-state index contributed by atoms with van der Waals surface area (Å²) >= 11 is 0. The van der Waals surface area contributed by atoms with E-state index < -0.39 is 0 Å². The summed E-state index contributed by atoms with van der Waals surface area (Å²) in [5.41, 5.74) is 18.1. The molecule has 0 atom stereocenters. The lowest BCUT2D eigenvalue weighted by Gasteiger charge is -2.42. The number of aryl methyl sites for hydroxylation is 1. The number of hydrogen-bond donors (Lipinski definition) is 0. The summed E-state index contributed by atoms with van der Waals surface area (Å²) in [6.07, 6.45) is 0. The van der Waals surface area contributed by atoms with Crippen LogP contribution in [0.25, 0.3) is 21.9 Å². The number of para-hydroxylation sites is 4. The Morgan fingerprint density at radius 3 is 1.54 bits per heavy atom. The molecule has 0 aromatic heterocycles. The molecule has 12 rings (SSSR count). The Morgan fingerprint density at radius 2 is 0.956 bits per heavy atom. The van der Waals surface area contributed by atoms with Crippen LogP contribution in [0.4, 0.5) is 51.2 Å². The first-order chi connectivity index (χ1) is 33.3. The van der Waals surface area contributed by atoms with Gasteiger partial charge in [-0.2, -0.15) is 0 Å². The van der Waals surface area contributed by atoms with E-state index in [-0.39, 0.29) is 12.1 Å². The van der Waals surface area contributed by atoms with Crippen molar-refractivity contribution >= 4 is 85.1 Å². The number of nitrogens with zero attached hydrogens (tertiary/aromatic N) is 3. The summed E-state index contributed by atoms with van der Waals surface area (Å²) in [5, 5.41) is 2.44. The summed E-state index contributed by atoms with van der Waals surface area (Å²) in [7, 11) is 0. The van der Waals surface area contributed by atoms with E-state index in [4.69, 9.17) is 4.74 Å². The summed E-state index contributed by atoms with van der Waals surface area (Å²) in [4.78, 5) is 7.21. The maximum Gasteiger partial charge on any atom is 0.256 e. The van der Waals surface area contributed by atoms with Crippen molar-refractivity contribution in [3.05, 3.63) is 242 Å². The van der Waals surface area contributed by atoms with E-state index in [1.165, 1.54) is 38.4 Å². The van der Waals surface area contributed by atoms with E-state index in [2.05, 4.69) is 273 Å². The number of hydrogen-bond acceptors (Lipinski definition) is 4. The van der Waals surface area contributed by atoms with Gasteiger partial charge in [0.2, 0.25) is 0 Å². The Kier molecular flexibility index (Phi) is 10.0. The zero-order valence-corrected chi connectivity index (χ0v) is 38.8. The van der Waals surface area contributed by atoms with E-state index in [0.29, 0.717) is 0 Å². The molecular weight excluding hydrogens is 826 g/mol. The van der Waals surface area contributed by atoms with Gasteiger partial charge in [-0.25, -0.2) is 0 Å². The second-order valence-corrected chi connectivity index (χ2v) is 19.1. The molecule has 4 nitrogen and oxygen atoms in total. The van der Waals surface area contributed by atoms with Crippen molar-refractivity contribution in [1.82, 2.24) is 0 Å². The van der Waals surface area contributed by atoms with Crippen LogP contribution in [0.15, 0.2) is 231 Å². The maximum atomic E-state index is 7.21. The van der Waals surface area contributed by atoms with Gasteiger partial charge >= 0.3 is 0 Å². The minimum atomic E-state index is -0.0968. The number of fused-ring (bicyclic) bond motifs is 5. The predicted molar refractivity (Wildman–Crippen MR) is 288 cm³/mol. The van der Waals surface area contributed by atoms with Gasteiger partial charge in [-0.1, -0.05) is 148 Å². The van der Waals surface area contributed by atoms with Gasteiger partial charge in [0.25, 0.3) is 6.71 Å². The fourth-order valence-corrected chi connectivity index (χ4v) is 10.4. The lowest BCUT2D eigenvalue weighted by molar-refractivity contribution is 0.487. The summed E-state index contributed by atoms with van der Waals surface area (Å²) in [6.45, 7) is 9.00. The monoisotopic (exact) mass is 875 g/mol. The Bertz CT molecular complexity index is 3420. The third-order valence-electron chi connectivity index (χ3n) is 13.6. The van der Waals surface area contributed by atoms with Crippen molar-refractivity contribution in [2.45, 2.75) is 33.1 Å². The average molecular weight is 876 g/mol. The largest absolute Gasteiger partial charge is 0.458 e. The standard InChI is InChI=1S/C63H50BN3O/c1-43-37-59-62-61(38-43)68-60-42-53(66(50-25-13-7-14-26-50)51-27-15-8-16-28-51)33-35-56(60)64(62)55-34-32-52(65(48-21-9-5-10-22-48)49-23-11-6-12-24-49)41-58(55)67(59)57-36-31-47(63(2,3)4)40-54(57)46-30-29-44-19-17-18-20-45(44)39-46/h5-42H,1-4H3. The average Bonchev–Trinajstić information content (AvgIpc) is 3.37. The maximum absolute atomic E-state index is 7.21. The smallest absolute Gasteiger partial charge is 0.256 e. The van der Waals surface area contributed by atoms with Gasteiger partial charge in [-0.15, -0.1) is 0 Å². The van der Waals surface area contributed by atoms with Gasteiger partial charge in [0, 0.05) is 57.1 Å². The zero-order chi connectivity index (χ0) is 45.9. The Labute approximate surface area is 400 Å². The van der Waals surface area contributed by atoms with Crippen LogP contribution in [0, 0.1) is 6.92 Å². The third kappa shape index (κ3) is 7.19. The zero-order valence-electron chi connectivity index (χ0n) is 38.8. The van der Waals surface area contributed by atoms with Crippen LogP contribution < -0.4 is 35.8 Å². The molecule has 2 heterocycles. The van der Waals surface area contributed by atoms with Crippen LogP contribution in [0.3, 0.4) is 0 Å². The van der Waals surface area contributed by atoms with Crippen LogP contribution in [-0.4, -0.2) is 6.71 Å². The van der Waals surface area contributed by atoms with Crippen molar-refractivity contribution in [2.75, 3.05) is 14.7 Å². The SMILES string of the molecule is Cc1cc2c3c(c1)N(c1ccc(C(C)(C)C)cc1-c1ccc4ccccc4c1)c1cc(N(c4ccccc4)c4ccccc4)ccc1B3c1ccc(N(c3ccccc3)c3ccccc3)cc1O2. The fraction of sp³-hybridized carbons (Fsp3) is 0.0794. The van der Waals surface area contributed by atoms with E-state index in [1.54, 1.807) is 0 Å². The van der Waals surface area contributed by atoms with Gasteiger partial charge < -0.3 is 19.4 Å². The quantitative estimate of drug-likeness (QED) is 0.142. The van der Waals surface area contributed by atoms with Gasteiger partial charge in [0.15, 0.2) is 0 Å². The third-order valence-corrected chi connectivity index (χ3v) is 13.6. The molecule has 0 N–H and O–H groups in total. The van der Waals surface area contributed by atoms with Gasteiger partial charge in [0.05, 0.1) is 5.69 Å². The molecule has 0 saturated carbocycles. The van der Waals surface area contributed by atoms with E-state index in [0.717, 1.165) is 73.7 Å².